The number of aromatic amines is 1. The van der Waals surface area contributed by atoms with E-state index in [-0.39, 0.29) is 5.73 Å². The molecule has 1 aromatic rings. The van der Waals surface area contributed by atoms with E-state index in [1.54, 1.807) is 6.08 Å². The van der Waals surface area contributed by atoms with Crippen molar-refractivity contribution in [1.82, 2.24) is 10.2 Å². The van der Waals surface area contributed by atoms with E-state index in [9.17, 15) is 4.39 Å². The average molecular weight is 318 g/mol. The Morgan fingerprint density at radius 2 is 1.70 bits per heavy atom. The predicted molar refractivity (Wildman–Crippen MR) is 87.7 cm³/mol. The van der Waals surface area contributed by atoms with E-state index in [0.717, 1.165) is 42.6 Å². The minimum atomic E-state index is -0.936. The highest BCUT2D eigenvalue weighted by Crippen LogP contribution is 2.47. The van der Waals surface area contributed by atoms with Gasteiger partial charge in [-0.3, -0.25) is 5.10 Å². The number of hydrogen-bond donors (Lipinski definition) is 1. The molecule has 0 atom stereocenters. The molecule has 0 bridgehead atoms. The van der Waals surface area contributed by atoms with Gasteiger partial charge in [0.25, 0.3) is 0 Å². The van der Waals surface area contributed by atoms with E-state index in [2.05, 4.69) is 10.2 Å². The van der Waals surface area contributed by atoms with Gasteiger partial charge in [-0.2, -0.15) is 5.10 Å². The minimum Gasteiger partial charge on any atom is -0.398 e. The van der Waals surface area contributed by atoms with Crippen LogP contribution in [-0.2, 0) is 9.31 Å². The Balaban J connectivity index is 1.64. The summed E-state index contributed by atoms with van der Waals surface area (Å²) >= 11 is 0. The fraction of sp³-hybridized carbons (Fsp3) is 0.706. The number of nitrogens with zero attached hydrogens (tertiary/aromatic N) is 1. The summed E-state index contributed by atoms with van der Waals surface area (Å²) < 4.78 is 26.5. The lowest BCUT2D eigenvalue weighted by Gasteiger charge is -2.32. The summed E-state index contributed by atoms with van der Waals surface area (Å²) in [5.41, 5.74) is 1.60. The lowest BCUT2D eigenvalue weighted by Crippen LogP contribution is -2.41. The van der Waals surface area contributed by atoms with Gasteiger partial charge < -0.3 is 9.31 Å². The highest BCUT2D eigenvalue weighted by atomic mass is 19.1. The quantitative estimate of drug-likeness (QED) is 0.850. The van der Waals surface area contributed by atoms with Gasteiger partial charge >= 0.3 is 7.12 Å². The van der Waals surface area contributed by atoms with E-state index in [1.807, 2.05) is 27.7 Å². The molecule has 2 heterocycles. The molecule has 6 heteroatoms. The van der Waals surface area contributed by atoms with Crippen LogP contribution < -0.4 is 0 Å². The molecule has 2 saturated carbocycles. The molecule has 0 aromatic carbocycles. The van der Waals surface area contributed by atoms with Crippen molar-refractivity contribution >= 4 is 13.2 Å². The number of hydrogen-bond acceptors (Lipinski definition) is 3. The zero-order chi connectivity index (χ0) is 16.4. The van der Waals surface area contributed by atoms with Crippen molar-refractivity contribution in [2.45, 2.75) is 76.4 Å². The Kier molecular flexibility index (Phi) is 3.30. The number of aromatic nitrogens is 2. The normalized spacial score (nSPS) is 26.8. The summed E-state index contributed by atoms with van der Waals surface area (Å²) in [6, 6.07) is 0. The van der Waals surface area contributed by atoms with Crippen molar-refractivity contribution in [2.24, 2.45) is 0 Å². The molecule has 0 unspecified atom stereocenters. The molecule has 1 aromatic heterocycles. The lowest BCUT2D eigenvalue weighted by atomic mass is 9.86. The maximum Gasteiger partial charge on any atom is 0.525 e. The number of nitrogens with one attached hydrogen (secondary N) is 1. The van der Waals surface area contributed by atoms with E-state index >= 15 is 0 Å². The van der Waals surface area contributed by atoms with Gasteiger partial charge in [-0.1, -0.05) is 0 Å². The first-order valence-electron chi connectivity index (χ1n) is 8.59. The molecule has 0 amide bonds. The molecule has 4 nitrogen and oxygen atoms in total. The van der Waals surface area contributed by atoms with Crippen LogP contribution in [0.4, 0.5) is 4.39 Å². The van der Waals surface area contributed by atoms with Crippen LogP contribution in [-0.4, -0.2) is 28.5 Å². The topological polar surface area (TPSA) is 47.1 Å². The van der Waals surface area contributed by atoms with E-state index in [4.69, 9.17) is 9.31 Å². The van der Waals surface area contributed by atoms with Gasteiger partial charge in [0, 0.05) is 23.1 Å². The van der Waals surface area contributed by atoms with Crippen molar-refractivity contribution in [3.05, 3.63) is 22.7 Å². The molecular formula is C17H24BFN2O2. The number of halogens is 1. The van der Waals surface area contributed by atoms with Gasteiger partial charge in [-0.15, -0.1) is 0 Å². The minimum absolute atomic E-state index is 0.367. The summed E-state index contributed by atoms with van der Waals surface area (Å²) in [7, 11) is -0.936. The summed E-state index contributed by atoms with van der Waals surface area (Å²) in [5.74, 6) is 0.989. The van der Waals surface area contributed by atoms with E-state index in [0.29, 0.717) is 11.8 Å². The second kappa shape index (κ2) is 4.93. The highest BCUT2D eigenvalue weighted by Gasteiger charge is 2.53. The lowest BCUT2D eigenvalue weighted by molar-refractivity contribution is 0.00578. The molecule has 0 spiro atoms. The van der Waals surface area contributed by atoms with Crippen LogP contribution in [0.3, 0.4) is 0 Å². The fourth-order valence-corrected chi connectivity index (χ4v) is 3.04. The summed E-state index contributed by atoms with van der Waals surface area (Å²) in [4.78, 5) is 0. The third kappa shape index (κ3) is 2.66. The smallest absolute Gasteiger partial charge is 0.398 e. The van der Waals surface area contributed by atoms with Crippen LogP contribution in [0.15, 0.2) is 5.73 Å². The molecule has 2 aliphatic carbocycles. The van der Waals surface area contributed by atoms with Gasteiger partial charge in [-0.25, -0.2) is 4.39 Å². The Morgan fingerprint density at radius 3 is 2.22 bits per heavy atom. The van der Waals surface area contributed by atoms with E-state index < -0.39 is 18.3 Å². The third-order valence-electron chi connectivity index (χ3n) is 5.57. The van der Waals surface area contributed by atoms with Gasteiger partial charge in [0.1, 0.15) is 5.73 Å². The monoisotopic (exact) mass is 318 g/mol. The molecule has 1 saturated heterocycles. The Morgan fingerprint density at radius 1 is 1.13 bits per heavy atom. The molecule has 3 aliphatic rings. The van der Waals surface area contributed by atoms with Crippen molar-refractivity contribution in [3.63, 3.8) is 0 Å². The highest BCUT2D eigenvalue weighted by molar-refractivity contribution is 6.54. The molecule has 23 heavy (non-hydrogen) atoms. The second-order valence-corrected chi connectivity index (χ2v) is 8.10. The summed E-state index contributed by atoms with van der Waals surface area (Å²) in [5, 5.41) is 7.60. The molecule has 1 aliphatic heterocycles. The van der Waals surface area contributed by atoms with Gasteiger partial charge in [-0.05, 0) is 59.5 Å². The third-order valence-corrected chi connectivity index (χ3v) is 5.57. The van der Waals surface area contributed by atoms with Crippen LogP contribution in [0.2, 0.25) is 0 Å². The summed E-state index contributed by atoms with van der Waals surface area (Å²) in [6.07, 6.45) is 6.20. The van der Waals surface area contributed by atoms with Crippen LogP contribution in [0, 0.1) is 0 Å². The number of rotatable bonds is 4. The zero-order valence-electron chi connectivity index (χ0n) is 14.3. The maximum absolute atomic E-state index is 14.9. The van der Waals surface area contributed by atoms with Crippen LogP contribution in [0.1, 0.15) is 82.2 Å². The summed E-state index contributed by atoms with van der Waals surface area (Å²) in [6.45, 7) is 7.74. The average Bonchev–Trinajstić information content (AvgIpc) is 3.36. The molecular weight excluding hydrogens is 294 g/mol. The molecule has 4 rings (SSSR count). The number of H-pyrrole nitrogens is 1. The van der Waals surface area contributed by atoms with Gasteiger partial charge in [0.2, 0.25) is 0 Å². The Labute approximate surface area is 137 Å². The van der Waals surface area contributed by atoms with Crippen LogP contribution >= 0.6 is 0 Å². The van der Waals surface area contributed by atoms with Crippen molar-refractivity contribution < 1.29 is 13.7 Å². The van der Waals surface area contributed by atoms with Crippen LogP contribution in [0.5, 0.6) is 0 Å². The first-order valence-corrected chi connectivity index (χ1v) is 8.59. The molecule has 0 radical (unpaired) electrons. The first kappa shape index (κ1) is 15.4. The predicted octanol–water partition coefficient (Wildman–Crippen LogP) is 4.11. The Hall–Kier alpha value is -1.14. The standard InChI is InChI=1S/C17H24BFN2O2/c1-16(2)17(3,4)23-18(22-16)13(19)9-12-14(10-5-6-10)20-21-15(12)11-7-8-11/h9-11H,5-8H2,1-4H3,(H,20,21). The largest absolute Gasteiger partial charge is 0.525 e. The van der Waals surface area contributed by atoms with Crippen molar-refractivity contribution in [2.75, 3.05) is 0 Å². The fourth-order valence-electron chi connectivity index (χ4n) is 3.04. The van der Waals surface area contributed by atoms with Crippen LogP contribution in [0.25, 0.3) is 6.08 Å². The van der Waals surface area contributed by atoms with Gasteiger partial charge in [0.05, 0.1) is 16.9 Å². The van der Waals surface area contributed by atoms with Gasteiger partial charge in [0.15, 0.2) is 0 Å². The second-order valence-electron chi connectivity index (χ2n) is 8.10. The van der Waals surface area contributed by atoms with Crippen molar-refractivity contribution in [1.29, 1.82) is 0 Å². The SMILES string of the molecule is CC1(C)OB(C(F)=Cc2c(C3CC3)n[nH]c2C2CC2)OC1(C)C. The van der Waals surface area contributed by atoms with Crippen molar-refractivity contribution in [3.8, 4) is 0 Å². The molecule has 1 N–H and O–H groups in total. The molecule has 124 valence electrons. The first-order chi connectivity index (χ1) is 10.8. The molecule has 3 fully saturated rings. The zero-order valence-corrected chi connectivity index (χ0v) is 14.3. The van der Waals surface area contributed by atoms with E-state index in [1.165, 1.54) is 0 Å². The Bertz CT molecular complexity index is 614. The maximum atomic E-state index is 14.9.